The number of aliphatic hydroxyl groups excluding tert-OH is 1. The number of benzene rings is 2. The van der Waals surface area contributed by atoms with Gasteiger partial charge in [-0.3, -0.25) is 5.41 Å². The molecule has 25 heavy (non-hydrogen) atoms. The van der Waals surface area contributed by atoms with Gasteiger partial charge in [-0.25, -0.2) is 0 Å². The molecule has 6 heteroatoms. The molecule has 0 bridgehead atoms. The minimum absolute atomic E-state index is 0.0108. The van der Waals surface area contributed by atoms with Crippen molar-refractivity contribution in [1.29, 1.82) is 5.41 Å². The molecule has 2 aromatic carbocycles. The monoisotopic (exact) mass is 346 g/mol. The first-order valence-electron chi connectivity index (χ1n) is 7.69. The number of nitrogens with zero attached hydrogens (tertiary/aromatic N) is 1. The maximum Gasteiger partial charge on any atom is 0.416 e. The lowest BCUT2D eigenvalue weighted by molar-refractivity contribution is -0.137. The van der Waals surface area contributed by atoms with Crippen LogP contribution in [-0.4, -0.2) is 22.9 Å². The summed E-state index contributed by atoms with van der Waals surface area (Å²) < 4.78 is 38.9. The highest BCUT2D eigenvalue weighted by Crippen LogP contribution is 2.41. The van der Waals surface area contributed by atoms with Gasteiger partial charge in [0.1, 0.15) is 17.6 Å². The van der Waals surface area contributed by atoms with Crippen LogP contribution in [0.3, 0.4) is 0 Å². The van der Waals surface area contributed by atoms with Gasteiger partial charge in [-0.1, -0.05) is 42.0 Å². The van der Waals surface area contributed by atoms with Crippen LogP contribution in [0.5, 0.6) is 0 Å². The summed E-state index contributed by atoms with van der Waals surface area (Å²) in [5, 5.41) is 19.0. The molecule has 130 valence electrons. The molecule has 1 heterocycles. The summed E-state index contributed by atoms with van der Waals surface area (Å²) in [4.78, 5) is 1.56. The van der Waals surface area contributed by atoms with Gasteiger partial charge in [0.25, 0.3) is 0 Å². The highest BCUT2D eigenvalue weighted by atomic mass is 19.4. The topological polar surface area (TPSA) is 47.3 Å². The van der Waals surface area contributed by atoms with Crippen molar-refractivity contribution in [1.82, 2.24) is 4.90 Å². The second kappa shape index (κ2) is 5.95. The minimum Gasteiger partial charge on any atom is -0.509 e. The Labute approximate surface area is 143 Å². The number of amidine groups is 1. The zero-order valence-electron chi connectivity index (χ0n) is 13.7. The largest absolute Gasteiger partial charge is 0.509 e. The van der Waals surface area contributed by atoms with Gasteiger partial charge in [0, 0.05) is 7.05 Å². The van der Waals surface area contributed by atoms with Crippen molar-refractivity contribution in [3.8, 4) is 0 Å². The van der Waals surface area contributed by atoms with Crippen molar-refractivity contribution >= 4 is 11.4 Å². The quantitative estimate of drug-likeness (QED) is 0.808. The van der Waals surface area contributed by atoms with E-state index in [1.54, 1.807) is 11.9 Å². The molecule has 3 nitrogen and oxygen atoms in total. The van der Waals surface area contributed by atoms with Crippen LogP contribution in [0, 0.1) is 12.3 Å². The average Bonchev–Trinajstić information content (AvgIpc) is 2.76. The van der Waals surface area contributed by atoms with Gasteiger partial charge in [0.15, 0.2) is 0 Å². The number of alkyl halides is 3. The molecule has 0 spiro atoms. The van der Waals surface area contributed by atoms with E-state index < -0.39 is 17.8 Å². The fourth-order valence-corrected chi connectivity index (χ4v) is 3.10. The smallest absolute Gasteiger partial charge is 0.416 e. The van der Waals surface area contributed by atoms with Crippen LogP contribution in [0.15, 0.2) is 54.3 Å². The number of nitrogens with one attached hydrogen (secondary N) is 1. The van der Waals surface area contributed by atoms with Gasteiger partial charge in [0.05, 0.1) is 11.1 Å². The van der Waals surface area contributed by atoms with Crippen LogP contribution in [0.2, 0.25) is 0 Å². The highest BCUT2D eigenvalue weighted by molar-refractivity contribution is 6.24. The summed E-state index contributed by atoms with van der Waals surface area (Å²) in [7, 11) is 1.65. The van der Waals surface area contributed by atoms with E-state index in [4.69, 9.17) is 5.41 Å². The number of rotatable bonds is 2. The molecule has 1 aliphatic rings. The Kier molecular flexibility index (Phi) is 4.06. The van der Waals surface area contributed by atoms with E-state index in [1.807, 2.05) is 31.2 Å². The Morgan fingerprint density at radius 3 is 2.40 bits per heavy atom. The maximum absolute atomic E-state index is 13.0. The summed E-state index contributed by atoms with van der Waals surface area (Å²) in [6.45, 7) is 1.91. The molecule has 2 N–H and O–H groups in total. The SMILES string of the molecule is Cc1cccc(C2C(O)=C(c3cccc(C(F)(F)F)c3)C(=N)N2C)c1. The summed E-state index contributed by atoms with van der Waals surface area (Å²) >= 11 is 0. The zero-order valence-corrected chi connectivity index (χ0v) is 13.7. The van der Waals surface area contributed by atoms with Crippen LogP contribution >= 0.6 is 0 Å². The number of hydrogen-bond acceptors (Lipinski definition) is 2. The summed E-state index contributed by atoms with van der Waals surface area (Å²) in [5.74, 6) is -0.124. The van der Waals surface area contributed by atoms with E-state index in [9.17, 15) is 18.3 Å². The number of likely N-dealkylation sites (N-methyl/N-ethyl adjacent to an activating group) is 1. The molecule has 2 aromatic rings. The number of aryl methyl sites for hydroxylation is 1. The zero-order chi connectivity index (χ0) is 18.4. The molecule has 0 fully saturated rings. The standard InChI is InChI=1S/C19H17F3N2O/c1-11-5-3-7-13(9-11)16-17(25)15(18(23)24(16)2)12-6-4-8-14(10-12)19(20,21)22/h3-10,16,23,25H,1-2H3. The lowest BCUT2D eigenvalue weighted by atomic mass is 9.99. The Bertz CT molecular complexity index is 871. The lowest BCUT2D eigenvalue weighted by Crippen LogP contribution is -2.25. The summed E-state index contributed by atoms with van der Waals surface area (Å²) in [5.41, 5.74) is 1.28. The molecule has 0 saturated heterocycles. The van der Waals surface area contributed by atoms with Gasteiger partial charge in [-0.2, -0.15) is 13.2 Å². The predicted molar refractivity (Wildman–Crippen MR) is 90.4 cm³/mol. The first-order chi connectivity index (χ1) is 11.7. The molecule has 1 unspecified atom stereocenters. The predicted octanol–water partition coefficient (Wildman–Crippen LogP) is 4.95. The van der Waals surface area contributed by atoms with E-state index in [0.717, 1.165) is 23.3 Å². The van der Waals surface area contributed by atoms with Crippen LogP contribution < -0.4 is 0 Å². The Morgan fingerprint density at radius 1 is 1.08 bits per heavy atom. The molecule has 0 aromatic heterocycles. The second-order valence-electron chi connectivity index (χ2n) is 6.11. The first-order valence-corrected chi connectivity index (χ1v) is 7.69. The van der Waals surface area contributed by atoms with Crippen molar-refractivity contribution in [3.05, 3.63) is 76.5 Å². The molecule has 3 rings (SSSR count). The fourth-order valence-electron chi connectivity index (χ4n) is 3.10. The van der Waals surface area contributed by atoms with E-state index >= 15 is 0 Å². The third-order valence-electron chi connectivity index (χ3n) is 4.33. The molecule has 0 aliphatic carbocycles. The van der Waals surface area contributed by atoms with Crippen LogP contribution in [0.25, 0.3) is 5.57 Å². The normalized spacial score (nSPS) is 18.2. The van der Waals surface area contributed by atoms with Crippen LogP contribution in [0.4, 0.5) is 13.2 Å². The Balaban J connectivity index is 2.11. The van der Waals surface area contributed by atoms with Gasteiger partial charge < -0.3 is 10.0 Å². The number of hydrogen-bond donors (Lipinski definition) is 2. The second-order valence-corrected chi connectivity index (χ2v) is 6.11. The van der Waals surface area contributed by atoms with Crippen molar-refractivity contribution in [2.24, 2.45) is 0 Å². The van der Waals surface area contributed by atoms with Crippen molar-refractivity contribution < 1.29 is 18.3 Å². The lowest BCUT2D eigenvalue weighted by Gasteiger charge is -2.22. The van der Waals surface area contributed by atoms with Crippen molar-refractivity contribution in [2.45, 2.75) is 19.1 Å². The number of halogens is 3. The van der Waals surface area contributed by atoms with E-state index in [-0.39, 0.29) is 22.7 Å². The van der Waals surface area contributed by atoms with E-state index in [0.29, 0.717) is 0 Å². The third-order valence-corrected chi connectivity index (χ3v) is 4.33. The van der Waals surface area contributed by atoms with Crippen molar-refractivity contribution in [2.75, 3.05) is 7.05 Å². The molecular weight excluding hydrogens is 329 g/mol. The van der Waals surface area contributed by atoms with E-state index in [2.05, 4.69) is 0 Å². The van der Waals surface area contributed by atoms with Gasteiger partial charge >= 0.3 is 6.18 Å². The summed E-state index contributed by atoms with van der Waals surface area (Å²) in [6, 6.07) is 11.6. The Hall–Kier alpha value is -2.76. The van der Waals surface area contributed by atoms with Crippen LogP contribution in [0.1, 0.15) is 28.3 Å². The average molecular weight is 346 g/mol. The third kappa shape index (κ3) is 2.99. The van der Waals surface area contributed by atoms with Gasteiger partial charge in [-0.05, 0) is 30.2 Å². The first kappa shape index (κ1) is 17.1. The highest BCUT2D eigenvalue weighted by Gasteiger charge is 2.37. The minimum atomic E-state index is -4.48. The Morgan fingerprint density at radius 2 is 1.76 bits per heavy atom. The molecule has 0 amide bonds. The maximum atomic E-state index is 13.0. The van der Waals surface area contributed by atoms with Crippen molar-refractivity contribution in [3.63, 3.8) is 0 Å². The van der Waals surface area contributed by atoms with Crippen LogP contribution in [-0.2, 0) is 6.18 Å². The van der Waals surface area contributed by atoms with E-state index in [1.165, 1.54) is 12.1 Å². The van der Waals surface area contributed by atoms with Gasteiger partial charge in [0.2, 0.25) is 0 Å². The van der Waals surface area contributed by atoms with Gasteiger partial charge in [-0.15, -0.1) is 0 Å². The molecule has 1 atom stereocenters. The molecule has 0 radical (unpaired) electrons. The molecule has 1 aliphatic heterocycles. The number of aliphatic hydroxyl groups is 1. The molecule has 0 saturated carbocycles. The summed E-state index contributed by atoms with van der Waals surface area (Å²) in [6.07, 6.45) is -4.48. The fraction of sp³-hybridized carbons (Fsp3) is 0.211. The molecular formula is C19H17F3N2O.